The van der Waals surface area contributed by atoms with Gasteiger partial charge in [0.2, 0.25) is 10.0 Å². The van der Waals surface area contributed by atoms with Crippen molar-refractivity contribution in [3.63, 3.8) is 0 Å². The number of fused-ring (bicyclic) bond motifs is 2. The Morgan fingerprint density at radius 2 is 1.94 bits per heavy atom. The molecule has 0 saturated heterocycles. The minimum atomic E-state index is -3.41. The monoisotopic (exact) mass is 586 g/mol. The number of rotatable bonds is 7. The molecule has 0 atom stereocenters. The lowest BCUT2D eigenvalue weighted by Crippen LogP contribution is -2.41. The van der Waals surface area contributed by atoms with Gasteiger partial charge in [-0.2, -0.15) is 0 Å². The standard InChI is InChI=1S/C20H23IN6O3S2/c1-20(2,3)26-32(28,29)6-4-5-27-18-16(17(22)23-11-24-18)25-19(27)31-15-8-13-10-30-9-12(13)7-14(15)21/h7-11,26H,4-6H2,1-3H3,(H2,22,23,24). The lowest BCUT2D eigenvalue weighted by atomic mass is 10.1. The molecule has 0 amide bonds. The molecule has 9 nitrogen and oxygen atoms in total. The zero-order valence-corrected chi connectivity index (χ0v) is 21.6. The molecule has 32 heavy (non-hydrogen) atoms. The average molecular weight is 586 g/mol. The summed E-state index contributed by atoms with van der Waals surface area (Å²) in [6.07, 6.45) is 5.20. The quantitative estimate of drug-likeness (QED) is 0.311. The summed E-state index contributed by atoms with van der Waals surface area (Å²) in [4.78, 5) is 14.1. The fourth-order valence-electron chi connectivity index (χ4n) is 3.29. The van der Waals surface area contributed by atoms with Crippen LogP contribution in [0.25, 0.3) is 21.9 Å². The van der Waals surface area contributed by atoms with Crippen molar-refractivity contribution in [2.75, 3.05) is 11.5 Å². The van der Waals surface area contributed by atoms with Crippen molar-refractivity contribution >= 4 is 72.1 Å². The van der Waals surface area contributed by atoms with Gasteiger partial charge < -0.3 is 14.7 Å². The van der Waals surface area contributed by atoms with Crippen LogP contribution in [0.1, 0.15) is 27.2 Å². The fourth-order valence-corrected chi connectivity index (χ4v) is 6.62. The first-order valence-corrected chi connectivity index (χ1v) is 13.4. The lowest BCUT2D eigenvalue weighted by molar-refractivity contribution is 0.488. The van der Waals surface area contributed by atoms with Gasteiger partial charge in [0.15, 0.2) is 22.1 Å². The summed E-state index contributed by atoms with van der Waals surface area (Å²) in [6, 6.07) is 4.09. The predicted molar refractivity (Wildman–Crippen MR) is 134 cm³/mol. The maximum Gasteiger partial charge on any atom is 0.212 e. The highest BCUT2D eigenvalue weighted by molar-refractivity contribution is 14.1. The molecule has 3 N–H and O–H groups in total. The Hall–Kier alpha value is -1.90. The summed E-state index contributed by atoms with van der Waals surface area (Å²) in [7, 11) is -3.41. The van der Waals surface area contributed by atoms with Crippen LogP contribution >= 0.6 is 34.4 Å². The Bertz CT molecular complexity index is 1390. The number of anilines is 1. The molecule has 170 valence electrons. The van der Waals surface area contributed by atoms with Crippen molar-refractivity contribution in [3.8, 4) is 0 Å². The average Bonchev–Trinajstić information content (AvgIpc) is 3.25. The molecule has 4 rings (SSSR count). The van der Waals surface area contributed by atoms with E-state index in [1.165, 1.54) is 18.1 Å². The minimum Gasteiger partial charge on any atom is -0.471 e. The van der Waals surface area contributed by atoms with Crippen LogP contribution < -0.4 is 10.5 Å². The Balaban J connectivity index is 1.64. The normalized spacial score (nSPS) is 12.8. The topological polar surface area (TPSA) is 129 Å². The van der Waals surface area contributed by atoms with Gasteiger partial charge in [-0.05, 0) is 61.9 Å². The molecule has 0 unspecified atom stereocenters. The number of aromatic nitrogens is 4. The molecular formula is C20H23IN6O3S2. The molecule has 0 aliphatic heterocycles. The molecule has 0 aliphatic carbocycles. The molecule has 0 saturated carbocycles. The summed E-state index contributed by atoms with van der Waals surface area (Å²) in [5, 5.41) is 2.70. The second-order valence-corrected chi connectivity index (χ2v) is 12.4. The predicted octanol–water partition coefficient (Wildman–Crippen LogP) is 4.02. The van der Waals surface area contributed by atoms with Crippen LogP contribution in [0.4, 0.5) is 5.82 Å². The van der Waals surface area contributed by atoms with E-state index in [2.05, 4.69) is 42.3 Å². The molecule has 0 bridgehead atoms. The first-order chi connectivity index (χ1) is 15.0. The van der Waals surface area contributed by atoms with Crippen LogP contribution in [0.5, 0.6) is 0 Å². The fraction of sp³-hybridized carbons (Fsp3) is 0.350. The van der Waals surface area contributed by atoms with Gasteiger partial charge in [0.05, 0.1) is 18.3 Å². The number of nitrogens with two attached hydrogens (primary N) is 1. The van der Waals surface area contributed by atoms with Crippen LogP contribution in [0.3, 0.4) is 0 Å². The van der Waals surface area contributed by atoms with E-state index in [-0.39, 0.29) is 11.6 Å². The van der Waals surface area contributed by atoms with Gasteiger partial charge in [0.25, 0.3) is 0 Å². The maximum atomic E-state index is 12.4. The number of imidazole rings is 1. The number of benzene rings is 1. The van der Waals surface area contributed by atoms with Gasteiger partial charge in [-0.1, -0.05) is 11.8 Å². The summed E-state index contributed by atoms with van der Waals surface area (Å²) in [5.74, 6) is 0.283. The van der Waals surface area contributed by atoms with Crippen LogP contribution in [-0.2, 0) is 16.6 Å². The van der Waals surface area contributed by atoms with Crippen molar-refractivity contribution < 1.29 is 12.8 Å². The SMILES string of the molecule is CC(C)(C)NS(=O)(=O)CCCn1c(Sc2cc3cocc3cc2I)nc2c(N)ncnc21. The van der Waals surface area contributed by atoms with Gasteiger partial charge in [0.1, 0.15) is 6.33 Å². The Morgan fingerprint density at radius 1 is 1.22 bits per heavy atom. The van der Waals surface area contributed by atoms with Crippen molar-refractivity contribution in [2.45, 2.75) is 49.3 Å². The molecule has 0 spiro atoms. The summed E-state index contributed by atoms with van der Waals surface area (Å²) >= 11 is 3.76. The smallest absolute Gasteiger partial charge is 0.212 e. The minimum absolute atomic E-state index is 0.00682. The van der Waals surface area contributed by atoms with E-state index in [0.29, 0.717) is 29.3 Å². The molecule has 0 fully saturated rings. The zero-order valence-electron chi connectivity index (χ0n) is 17.8. The van der Waals surface area contributed by atoms with E-state index in [4.69, 9.17) is 10.2 Å². The van der Waals surface area contributed by atoms with E-state index >= 15 is 0 Å². The largest absolute Gasteiger partial charge is 0.471 e. The first-order valence-electron chi connectivity index (χ1n) is 9.84. The Morgan fingerprint density at radius 3 is 2.66 bits per heavy atom. The number of furan rings is 1. The number of hydrogen-bond acceptors (Lipinski definition) is 8. The van der Waals surface area contributed by atoms with Crippen molar-refractivity contribution in [1.82, 2.24) is 24.2 Å². The van der Waals surface area contributed by atoms with Crippen molar-refractivity contribution in [3.05, 3.63) is 34.6 Å². The second kappa shape index (κ2) is 8.80. The number of nitrogen functional groups attached to an aromatic ring is 1. The first kappa shape index (κ1) is 23.3. The Kier molecular flexibility index (Phi) is 6.40. The van der Waals surface area contributed by atoms with Gasteiger partial charge in [-0.15, -0.1) is 0 Å². The number of halogens is 1. The molecule has 4 aromatic rings. The van der Waals surface area contributed by atoms with Gasteiger partial charge in [0, 0.05) is 31.3 Å². The van der Waals surface area contributed by atoms with E-state index in [1.807, 2.05) is 37.5 Å². The third-order valence-corrected chi connectivity index (χ3v) is 8.57. The second-order valence-electron chi connectivity index (χ2n) is 8.39. The van der Waals surface area contributed by atoms with Gasteiger partial charge in [-0.3, -0.25) is 0 Å². The molecule has 0 radical (unpaired) electrons. The molecule has 1 aromatic carbocycles. The number of nitrogens with zero attached hydrogens (tertiary/aromatic N) is 4. The number of nitrogens with one attached hydrogen (secondary N) is 1. The highest BCUT2D eigenvalue weighted by Gasteiger charge is 2.21. The van der Waals surface area contributed by atoms with E-state index in [9.17, 15) is 8.42 Å². The van der Waals surface area contributed by atoms with Crippen molar-refractivity contribution in [1.29, 1.82) is 0 Å². The summed E-state index contributed by atoms with van der Waals surface area (Å²) in [6.45, 7) is 5.88. The third-order valence-electron chi connectivity index (χ3n) is 4.51. The van der Waals surface area contributed by atoms with Crippen LogP contribution in [-0.4, -0.2) is 39.2 Å². The number of hydrogen-bond donors (Lipinski definition) is 2. The van der Waals surface area contributed by atoms with Crippen LogP contribution in [0, 0.1) is 3.57 Å². The zero-order chi connectivity index (χ0) is 23.1. The Labute approximate surface area is 203 Å². The third kappa shape index (κ3) is 5.18. The molecule has 3 aromatic heterocycles. The van der Waals surface area contributed by atoms with E-state index in [1.54, 1.807) is 12.5 Å². The summed E-state index contributed by atoms with van der Waals surface area (Å²) in [5.41, 5.74) is 6.60. The molecule has 0 aliphatic rings. The van der Waals surface area contributed by atoms with Gasteiger partial charge >= 0.3 is 0 Å². The van der Waals surface area contributed by atoms with Crippen LogP contribution in [0.2, 0.25) is 0 Å². The maximum absolute atomic E-state index is 12.4. The van der Waals surface area contributed by atoms with Crippen molar-refractivity contribution in [2.24, 2.45) is 0 Å². The summed E-state index contributed by atoms with van der Waals surface area (Å²) < 4.78 is 35.8. The van der Waals surface area contributed by atoms with Crippen LogP contribution in [0.15, 0.2) is 45.5 Å². The lowest BCUT2D eigenvalue weighted by Gasteiger charge is -2.20. The number of sulfonamides is 1. The molecular weight excluding hydrogens is 563 g/mol. The highest BCUT2D eigenvalue weighted by atomic mass is 127. The highest BCUT2D eigenvalue weighted by Crippen LogP contribution is 2.36. The van der Waals surface area contributed by atoms with E-state index < -0.39 is 15.6 Å². The molecule has 3 heterocycles. The number of aryl methyl sites for hydroxylation is 1. The van der Waals surface area contributed by atoms with E-state index in [0.717, 1.165) is 19.2 Å². The van der Waals surface area contributed by atoms with Gasteiger partial charge in [-0.25, -0.2) is 28.1 Å². The molecule has 12 heteroatoms.